The number of fused-ring (bicyclic) bond motifs is 1. The van der Waals surface area contributed by atoms with Gasteiger partial charge in [0.1, 0.15) is 6.07 Å². The Hall–Kier alpha value is -2.87. The minimum absolute atomic E-state index is 0.553. The van der Waals surface area contributed by atoms with Crippen molar-refractivity contribution in [2.75, 3.05) is 0 Å². The van der Waals surface area contributed by atoms with Crippen molar-refractivity contribution in [1.82, 2.24) is 9.55 Å². The number of benzene rings is 2. The Morgan fingerprint density at radius 2 is 1.92 bits per heavy atom. The van der Waals surface area contributed by atoms with Gasteiger partial charge in [-0.25, -0.2) is 4.98 Å². The molecule has 0 saturated carbocycles. The lowest BCUT2D eigenvalue weighted by molar-refractivity contribution is 0.811. The van der Waals surface area contributed by atoms with Crippen LogP contribution in [0.25, 0.3) is 22.7 Å². The number of halogens is 1. The van der Waals surface area contributed by atoms with Crippen LogP contribution in [0.2, 0.25) is 5.02 Å². The number of para-hydroxylation sites is 2. The number of thiophene rings is 1. The molecule has 0 saturated heterocycles. The van der Waals surface area contributed by atoms with Gasteiger partial charge in [-0.3, -0.25) is 0 Å². The SMILES string of the molecule is N#C/C(=C\c1cccs1)c1nc2ccccc2n1Cc1ccc(Cl)cc1. The fraction of sp³-hybridized carbons (Fsp3) is 0.0476. The molecule has 126 valence electrons. The summed E-state index contributed by atoms with van der Waals surface area (Å²) in [5.41, 5.74) is 3.54. The van der Waals surface area contributed by atoms with Crippen LogP contribution in [-0.2, 0) is 6.54 Å². The first-order valence-electron chi connectivity index (χ1n) is 8.10. The van der Waals surface area contributed by atoms with E-state index in [1.165, 1.54) is 0 Å². The number of hydrogen-bond donors (Lipinski definition) is 0. The maximum absolute atomic E-state index is 9.75. The van der Waals surface area contributed by atoms with Gasteiger partial charge in [0.05, 0.1) is 16.6 Å². The van der Waals surface area contributed by atoms with Crippen LogP contribution in [0.3, 0.4) is 0 Å². The number of nitriles is 1. The van der Waals surface area contributed by atoms with E-state index in [9.17, 15) is 5.26 Å². The summed E-state index contributed by atoms with van der Waals surface area (Å²) >= 11 is 7.60. The summed E-state index contributed by atoms with van der Waals surface area (Å²) in [4.78, 5) is 5.76. The predicted molar refractivity (Wildman–Crippen MR) is 108 cm³/mol. The number of rotatable bonds is 4. The maximum atomic E-state index is 9.75. The first kappa shape index (κ1) is 16.6. The van der Waals surface area contributed by atoms with Crippen molar-refractivity contribution >= 4 is 45.6 Å². The highest BCUT2D eigenvalue weighted by Crippen LogP contribution is 2.25. The Bertz CT molecular complexity index is 1120. The summed E-state index contributed by atoms with van der Waals surface area (Å²) in [5, 5.41) is 12.5. The number of nitrogens with zero attached hydrogens (tertiary/aromatic N) is 3. The molecule has 0 N–H and O–H groups in total. The second kappa shape index (κ2) is 7.17. The Kier molecular flexibility index (Phi) is 4.57. The number of aromatic nitrogens is 2. The molecular formula is C21H14ClN3S. The zero-order valence-corrected chi connectivity index (χ0v) is 15.3. The molecule has 0 aliphatic rings. The zero-order valence-electron chi connectivity index (χ0n) is 13.8. The molecule has 2 aromatic heterocycles. The Labute approximate surface area is 160 Å². The minimum atomic E-state index is 0.553. The molecule has 0 atom stereocenters. The fourth-order valence-electron chi connectivity index (χ4n) is 2.88. The van der Waals surface area contributed by atoms with Gasteiger partial charge in [0.15, 0.2) is 5.82 Å². The lowest BCUT2D eigenvalue weighted by atomic mass is 10.2. The van der Waals surface area contributed by atoms with E-state index in [0.717, 1.165) is 21.5 Å². The molecule has 0 bridgehead atoms. The van der Waals surface area contributed by atoms with Crippen LogP contribution in [0.15, 0.2) is 66.0 Å². The van der Waals surface area contributed by atoms with E-state index in [-0.39, 0.29) is 0 Å². The summed E-state index contributed by atoms with van der Waals surface area (Å²) in [5.74, 6) is 0.678. The largest absolute Gasteiger partial charge is 0.319 e. The molecule has 2 heterocycles. The van der Waals surface area contributed by atoms with Crippen molar-refractivity contribution in [3.05, 3.63) is 87.3 Å². The maximum Gasteiger partial charge on any atom is 0.152 e. The molecule has 2 aromatic carbocycles. The van der Waals surface area contributed by atoms with Crippen molar-refractivity contribution < 1.29 is 0 Å². The van der Waals surface area contributed by atoms with Gasteiger partial charge in [-0.05, 0) is 47.4 Å². The highest BCUT2D eigenvalue weighted by molar-refractivity contribution is 7.10. The van der Waals surface area contributed by atoms with E-state index >= 15 is 0 Å². The molecule has 0 amide bonds. The molecule has 0 radical (unpaired) electrons. The molecule has 5 heteroatoms. The van der Waals surface area contributed by atoms with E-state index in [4.69, 9.17) is 16.6 Å². The zero-order chi connectivity index (χ0) is 17.9. The van der Waals surface area contributed by atoms with E-state index in [1.54, 1.807) is 11.3 Å². The lowest BCUT2D eigenvalue weighted by Gasteiger charge is -2.09. The Balaban J connectivity index is 1.86. The fourth-order valence-corrected chi connectivity index (χ4v) is 3.66. The highest BCUT2D eigenvalue weighted by atomic mass is 35.5. The van der Waals surface area contributed by atoms with Crippen LogP contribution in [0, 0.1) is 11.3 Å². The third-order valence-electron chi connectivity index (χ3n) is 4.10. The average molecular weight is 376 g/mol. The summed E-state index contributed by atoms with van der Waals surface area (Å²) in [7, 11) is 0. The smallest absolute Gasteiger partial charge is 0.152 e. The molecule has 0 spiro atoms. The lowest BCUT2D eigenvalue weighted by Crippen LogP contribution is -2.04. The third kappa shape index (κ3) is 3.28. The van der Waals surface area contributed by atoms with Crippen LogP contribution in [0.4, 0.5) is 0 Å². The van der Waals surface area contributed by atoms with Gasteiger partial charge < -0.3 is 4.57 Å². The van der Waals surface area contributed by atoms with Gasteiger partial charge in [0, 0.05) is 16.4 Å². The molecule has 4 rings (SSSR count). The molecule has 26 heavy (non-hydrogen) atoms. The van der Waals surface area contributed by atoms with E-state index in [1.807, 2.05) is 72.1 Å². The van der Waals surface area contributed by atoms with E-state index in [0.29, 0.717) is 23.0 Å². The van der Waals surface area contributed by atoms with Gasteiger partial charge in [0.2, 0.25) is 0 Å². The highest BCUT2D eigenvalue weighted by Gasteiger charge is 2.15. The van der Waals surface area contributed by atoms with Crippen molar-refractivity contribution in [2.45, 2.75) is 6.54 Å². The molecular weight excluding hydrogens is 362 g/mol. The summed E-state index contributed by atoms with van der Waals surface area (Å²) < 4.78 is 2.08. The normalized spacial score (nSPS) is 11.6. The first-order valence-corrected chi connectivity index (χ1v) is 9.36. The number of allylic oxidation sites excluding steroid dienone is 1. The summed E-state index contributed by atoms with van der Waals surface area (Å²) in [6.45, 7) is 0.622. The van der Waals surface area contributed by atoms with Crippen LogP contribution >= 0.6 is 22.9 Å². The second-order valence-corrected chi connectivity index (χ2v) is 7.24. The van der Waals surface area contributed by atoms with Gasteiger partial charge in [-0.1, -0.05) is 41.9 Å². The van der Waals surface area contributed by atoms with Gasteiger partial charge in [-0.2, -0.15) is 5.26 Å². The average Bonchev–Trinajstić information content (AvgIpc) is 3.30. The minimum Gasteiger partial charge on any atom is -0.319 e. The molecule has 0 aliphatic heterocycles. The quantitative estimate of drug-likeness (QED) is 0.419. The molecule has 3 nitrogen and oxygen atoms in total. The predicted octanol–water partition coefficient (Wildman–Crippen LogP) is 5.86. The van der Waals surface area contributed by atoms with Crippen LogP contribution in [0.1, 0.15) is 16.3 Å². The van der Waals surface area contributed by atoms with E-state index < -0.39 is 0 Å². The Morgan fingerprint density at radius 3 is 2.65 bits per heavy atom. The number of imidazole rings is 1. The van der Waals surface area contributed by atoms with Gasteiger partial charge in [0.25, 0.3) is 0 Å². The topological polar surface area (TPSA) is 41.6 Å². The van der Waals surface area contributed by atoms with Crippen LogP contribution < -0.4 is 0 Å². The standard InChI is InChI=1S/C21H14ClN3S/c22-17-9-7-15(8-10-17)14-25-20-6-2-1-5-19(20)24-21(25)16(13-23)12-18-4-3-11-26-18/h1-12H,14H2/b16-12+. The first-order chi connectivity index (χ1) is 12.7. The van der Waals surface area contributed by atoms with E-state index in [2.05, 4.69) is 10.6 Å². The van der Waals surface area contributed by atoms with Crippen LogP contribution in [-0.4, -0.2) is 9.55 Å². The summed E-state index contributed by atoms with van der Waals surface area (Å²) in [6.07, 6.45) is 1.89. The van der Waals surface area contributed by atoms with Crippen molar-refractivity contribution in [3.8, 4) is 6.07 Å². The van der Waals surface area contributed by atoms with Gasteiger partial charge >= 0.3 is 0 Å². The monoisotopic (exact) mass is 375 g/mol. The molecule has 0 aliphatic carbocycles. The van der Waals surface area contributed by atoms with Crippen molar-refractivity contribution in [2.24, 2.45) is 0 Å². The van der Waals surface area contributed by atoms with Crippen molar-refractivity contribution in [1.29, 1.82) is 5.26 Å². The molecule has 0 fully saturated rings. The number of hydrogen-bond acceptors (Lipinski definition) is 3. The summed E-state index contributed by atoms with van der Waals surface area (Å²) in [6, 6.07) is 22.0. The third-order valence-corrected chi connectivity index (χ3v) is 5.17. The van der Waals surface area contributed by atoms with Gasteiger partial charge in [-0.15, -0.1) is 11.3 Å². The Morgan fingerprint density at radius 1 is 1.12 bits per heavy atom. The van der Waals surface area contributed by atoms with Crippen molar-refractivity contribution in [3.63, 3.8) is 0 Å². The second-order valence-electron chi connectivity index (χ2n) is 5.82. The molecule has 0 unspecified atom stereocenters. The molecule has 4 aromatic rings. The van der Waals surface area contributed by atoms with Crippen LogP contribution in [0.5, 0.6) is 0 Å².